The lowest BCUT2D eigenvalue weighted by molar-refractivity contribution is 0.627. The van der Waals surface area contributed by atoms with Crippen LogP contribution in [-0.2, 0) is 0 Å². The Morgan fingerprint density at radius 1 is 1.40 bits per heavy atom. The van der Waals surface area contributed by atoms with Gasteiger partial charge in [0.05, 0.1) is 0 Å². The lowest BCUT2D eigenvalue weighted by Crippen LogP contribution is -2.20. The first-order chi connectivity index (χ1) is 12.0. The number of benzene rings is 1. The minimum Gasteiger partial charge on any atom is -0.404 e. The van der Waals surface area contributed by atoms with Crippen LogP contribution >= 0.6 is 0 Å². The number of anilines is 1. The Hall–Kier alpha value is -2.75. The number of nitrogens with one attached hydrogen (secondary N) is 1. The number of nitrogen functional groups attached to an aromatic ring is 1. The van der Waals surface area contributed by atoms with Crippen LogP contribution in [0, 0.1) is 5.82 Å². The zero-order valence-corrected chi connectivity index (χ0v) is 14.7. The highest BCUT2D eigenvalue weighted by atomic mass is 19.1. The minimum atomic E-state index is -0.319. The van der Waals surface area contributed by atoms with Crippen LogP contribution < -0.4 is 16.8 Å². The van der Waals surface area contributed by atoms with Gasteiger partial charge in [-0.15, -0.1) is 0 Å². The Labute approximate surface area is 149 Å². The Balaban J connectivity index is 1.95. The lowest BCUT2D eigenvalue weighted by Gasteiger charge is -2.12. The van der Waals surface area contributed by atoms with E-state index >= 15 is 0 Å². The molecule has 0 radical (unpaired) electrons. The predicted molar refractivity (Wildman–Crippen MR) is 104 cm³/mol. The van der Waals surface area contributed by atoms with Crippen LogP contribution in [0.25, 0.3) is 0 Å². The molecule has 0 fully saturated rings. The van der Waals surface area contributed by atoms with Crippen molar-refractivity contribution in [3.8, 4) is 0 Å². The molecule has 1 aromatic carbocycles. The molecule has 0 aliphatic carbocycles. The van der Waals surface area contributed by atoms with Gasteiger partial charge in [0.1, 0.15) is 5.82 Å². The van der Waals surface area contributed by atoms with Crippen LogP contribution in [0.5, 0.6) is 0 Å². The summed E-state index contributed by atoms with van der Waals surface area (Å²) in [5.41, 5.74) is 15.1. The molecule has 2 atom stereocenters. The van der Waals surface area contributed by atoms with E-state index in [2.05, 4.69) is 36.5 Å². The van der Waals surface area contributed by atoms with Gasteiger partial charge in [-0.25, -0.2) is 4.39 Å². The number of hydrogen-bond acceptors (Lipinski definition) is 3. The van der Waals surface area contributed by atoms with Crippen molar-refractivity contribution in [1.82, 2.24) is 5.32 Å². The molecule has 1 aromatic rings. The van der Waals surface area contributed by atoms with Gasteiger partial charge < -0.3 is 16.8 Å². The van der Waals surface area contributed by atoms with Gasteiger partial charge in [0, 0.05) is 23.8 Å². The smallest absolute Gasteiger partial charge is 0.125 e. The molecule has 1 aliphatic heterocycles. The van der Waals surface area contributed by atoms with Crippen LogP contribution in [0.3, 0.4) is 0 Å². The maximum absolute atomic E-state index is 13.1. The molecule has 0 saturated carbocycles. The molecule has 0 saturated heterocycles. The number of rotatable bonds is 6. The highest BCUT2D eigenvalue weighted by Gasteiger charge is 2.07. The summed E-state index contributed by atoms with van der Waals surface area (Å²) in [7, 11) is 0. The van der Waals surface area contributed by atoms with Gasteiger partial charge in [-0.2, -0.15) is 0 Å². The molecule has 132 valence electrons. The topological polar surface area (TPSA) is 64.1 Å². The Morgan fingerprint density at radius 3 is 2.84 bits per heavy atom. The zero-order chi connectivity index (χ0) is 18.2. The van der Waals surface area contributed by atoms with Crippen molar-refractivity contribution >= 4 is 5.69 Å². The summed E-state index contributed by atoms with van der Waals surface area (Å²) in [6, 6.07) is 4.88. The number of halogens is 1. The van der Waals surface area contributed by atoms with Gasteiger partial charge in [-0.05, 0) is 48.4 Å². The van der Waals surface area contributed by atoms with E-state index in [0.717, 1.165) is 23.1 Å². The van der Waals surface area contributed by atoms with Crippen molar-refractivity contribution < 1.29 is 4.39 Å². The zero-order valence-electron chi connectivity index (χ0n) is 14.7. The first-order valence-electron chi connectivity index (χ1n) is 8.44. The predicted octanol–water partition coefficient (Wildman–Crippen LogP) is 4.29. The van der Waals surface area contributed by atoms with Gasteiger partial charge in [0.15, 0.2) is 0 Å². The molecule has 0 bridgehead atoms. The van der Waals surface area contributed by atoms with E-state index in [9.17, 15) is 4.39 Å². The summed E-state index contributed by atoms with van der Waals surface area (Å²) in [4.78, 5) is 0. The van der Waals surface area contributed by atoms with Gasteiger partial charge >= 0.3 is 0 Å². The van der Waals surface area contributed by atoms with Crippen molar-refractivity contribution in [2.75, 3.05) is 5.73 Å². The van der Waals surface area contributed by atoms with Crippen LogP contribution in [0.4, 0.5) is 10.1 Å². The first-order valence-corrected chi connectivity index (χ1v) is 8.44. The third-order valence-electron chi connectivity index (χ3n) is 4.11. The summed E-state index contributed by atoms with van der Waals surface area (Å²) in [5.74, 6) is -0.241. The second kappa shape index (κ2) is 8.92. The fraction of sp³-hybridized carbons (Fsp3) is 0.238. The van der Waals surface area contributed by atoms with Crippen molar-refractivity contribution in [3.05, 3.63) is 89.6 Å². The van der Waals surface area contributed by atoms with Crippen molar-refractivity contribution in [2.24, 2.45) is 5.73 Å². The molecule has 3 nitrogen and oxygen atoms in total. The monoisotopic (exact) mass is 339 g/mol. The van der Waals surface area contributed by atoms with Gasteiger partial charge in [0.2, 0.25) is 0 Å². The summed E-state index contributed by atoms with van der Waals surface area (Å²) in [6.45, 7) is 4.12. The average molecular weight is 339 g/mol. The molecular formula is C21H26FN3. The van der Waals surface area contributed by atoms with Crippen LogP contribution in [0.15, 0.2) is 78.2 Å². The fourth-order valence-electron chi connectivity index (χ4n) is 2.55. The highest BCUT2D eigenvalue weighted by molar-refractivity contribution is 5.50. The number of hydrogen-bond donors (Lipinski definition) is 3. The molecule has 4 heteroatoms. The molecule has 0 aromatic heterocycles. The quantitative estimate of drug-likeness (QED) is 0.535. The SMILES string of the molecule is CC1C=CC(/C=C/CC(/C=C\C(C)c2ccc(F)cc2N)=C/N)=CN1. The molecule has 2 unspecified atom stereocenters. The molecule has 1 aliphatic rings. The third kappa shape index (κ3) is 5.68. The van der Waals surface area contributed by atoms with Crippen molar-refractivity contribution in [1.29, 1.82) is 0 Å². The Kier molecular flexibility index (Phi) is 6.63. The van der Waals surface area contributed by atoms with Gasteiger partial charge in [-0.1, -0.05) is 49.4 Å². The normalized spacial score (nSPS) is 19.2. The third-order valence-corrected chi connectivity index (χ3v) is 4.11. The average Bonchev–Trinajstić information content (AvgIpc) is 2.59. The van der Waals surface area contributed by atoms with Crippen molar-refractivity contribution in [3.63, 3.8) is 0 Å². The maximum Gasteiger partial charge on any atom is 0.125 e. The van der Waals surface area contributed by atoms with Crippen LogP contribution in [-0.4, -0.2) is 6.04 Å². The molecule has 5 N–H and O–H groups in total. The molecule has 0 amide bonds. The largest absolute Gasteiger partial charge is 0.404 e. The van der Waals surface area contributed by atoms with Crippen LogP contribution in [0.1, 0.15) is 31.7 Å². The maximum atomic E-state index is 13.1. The van der Waals surface area contributed by atoms with E-state index in [1.54, 1.807) is 12.3 Å². The lowest BCUT2D eigenvalue weighted by atomic mass is 9.97. The minimum absolute atomic E-state index is 0.0780. The second-order valence-electron chi connectivity index (χ2n) is 6.23. The standard InChI is InChI=1S/C21H26FN3/c1-15(20-11-10-19(22)12-21(20)24)6-8-17(13-23)4-3-5-18-9-7-16(2)25-14-18/h3,5-16,25H,4,23-24H2,1-2H3/b5-3+,8-6-,17-13-. The molecular weight excluding hydrogens is 313 g/mol. The summed E-state index contributed by atoms with van der Waals surface area (Å²) < 4.78 is 13.1. The highest BCUT2D eigenvalue weighted by Crippen LogP contribution is 2.24. The van der Waals surface area contributed by atoms with Gasteiger partial charge in [0.25, 0.3) is 0 Å². The molecule has 2 rings (SSSR count). The molecule has 25 heavy (non-hydrogen) atoms. The van der Waals surface area contributed by atoms with E-state index in [1.165, 1.54) is 12.1 Å². The molecule has 1 heterocycles. The second-order valence-corrected chi connectivity index (χ2v) is 6.23. The molecule has 0 spiro atoms. The van der Waals surface area contributed by atoms with Gasteiger partial charge in [-0.3, -0.25) is 0 Å². The summed E-state index contributed by atoms with van der Waals surface area (Å²) >= 11 is 0. The van der Waals surface area contributed by atoms with Crippen LogP contribution in [0.2, 0.25) is 0 Å². The van der Waals surface area contributed by atoms with E-state index in [4.69, 9.17) is 11.5 Å². The summed E-state index contributed by atoms with van der Waals surface area (Å²) in [6.07, 6.45) is 16.7. The number of dihydropyridines is 1. The Bertz CT molecular complexity index is 742. The Morgan fingerprint density at radius 2 is 2.20 bits per heavy atom. The first kappa shape index (κ1) is 18.6. The summed E-state index contributed by atoms with van der Waals surface area (Å²) in [5, 5.41) is 3.26. The number of nitrogens with two attached hydrogens (primary N) is 2. The van der Waals surface area contributed by atoms with E-state index in [1.807, 2.05) is 25.3 Å². The van der Waals surface area contributed by atoms with E-state index in [0.29, 0.717) is 11.7 Å². The number of allylic oxidation sites excluding steroid dienone is 7. The van der Waals surface area contributed by atoms with E-state index in [-0.39, 0.29) is 11.7 Å². The van der Waals surface area contributed by atoms with Crippen molar-refractivity contribution in [2.45, 2.75) is 32.2 Å². The fourth-order valence-corrected chi connectivity index (χ4v) is 2.55. The van der Waals surface area contributed by atoms with E-state index < -0.39 is 0 Å².